The number of thiazole rings is 1. The number of carbonyl (C=O) groups excluding carboxylic acids is 1. The number of ether oxygens (including phenoxy) is 2. The maximum absolute atomic E-state index is 14.0. The Morgan fingerprint density at radius 1 is 1.11 bits per heavy atom. The Bertz CT molecular complexity index is 1440. The Morgan fingerprint density at radius 3 is 2.57 bits per heavy atom. The fourth-order valence-electron chi connectivity index (χ4n) is 4.51. The summed E-state index contributed by atoms with van der Waals surface area (Å²) in [5.41, 5.74) is 0.594. The highest BCUT2D eigenvalue weighted by atomic mass is 32.2. The summed E-state index contributed by atoms with van der Waals surface area (Å²) in [6, 6.07) is 15.4. The van der Waals surface area contributed by atoms with E-state index in [1.54, 1.807) is 80.0 Å². The van der Waals surface area contributed by atoms with Crippen molar-refractivity contribution in [3.05, 3.63) is 66.6 Å². The SMILES string of the molecule is COc1ccc(OC)c2sc(N(Cc3ccco3)C(=O)C3CCCN(S(=O)(=O)c4ccccc4)C3)nc12. The van der Waals surface area contributed by atoms with Gasteiger partial charge < -0.3 is 13.9 Å². The van der Waals surface area contributed by atoms with Crippen LogP contribution in [0.5, 0.6) is 11.5 Å². The maximum atomic E-state index is 14.0. The fraction of sp³-hybridized carbons (Fsp3) is 0.308. The van der Waals surface area contributed by atoms with Crippen LogP contribution in [0.4, 0.5) is 5.13 Å². The minimum Gasteiger partial charge on any atom is -0.495 e. The molecule has 1 aliphatic heterocycles. The molecule has 5 rings (SSSR count). The summed E-state index contributed by atoms with van der Waals surface area (Å²) >= 11 is 1.32. The van der Waals surface area contributed by atoms with E-state index >= 15 is 0 Å². The van der Waals surface area contributed by atoms with Crippen molar-refractivity contribution in [3.63, 3.8) is 0 Å². The van der Waals surface area contributed by atoms with E-state index in [4.69, 9.17) is 18.9 Å². The molecule has 1 fully saturated rings. The van der Waals surface area contributed by atoms with Gasteiger partial charge in [-0.25, -0.2) is 13.4 Å². The Balaban J connectivity index is 1.49. The molecule has 0 bridgehead atoms. The van der Waals surface area contributed by atoms with Gasteiger partial charge in [0, 0.05) is 13.1 Å². The largest absolute Gasteiger partial charge is 0.495 e. The molecule has 0 aliphatic carbocycles. The average Bonchev–Trinajstić information content (AvgIpc) is 3.62. The van der Waals surface area contributed by atoms with Gasteiger partial charge in [0.2, 0.25) is 15.9 Å². The summed E-state index contributed by atoms with van der Waals surface area (Å²) in [6.45, 7) is 0.634. The van der Waals surface area contributed by atoms with E-state index in [1.807, 2.05) is 0 Å². The molecule has 0 radical (unpaired) electrons. The van der Waals surface area contributed by atoms with Crippen molar-refractivity contribution in [2.75, 3.05) is 32.2 Å². The third-order valence-corrected chi connectivity index (χ3v) is 9.38. The number of furan rings is 1. The number of nitrogens with zero attached hydrogens (tertiary/aromatic N) is 3. The number of amides is 1. The van der Waals surface area contributed by atoms with Crippen molar-refractivity contribution < 1.29 is 27.1 Å². The Labute approximate surface area is 219 Å². The highest BCUT2D eigenvalue weighted by Crippen LogP contribution is 2.41. The van der Waals surface area contributed by atoms with Crippen molar-refractivity contribution in [1.29, 1.82) is 0 Å². The van der Waals surface area contributed by atoms with Crippen LogP contribution in [0, 0.1) is 5.92 Å². The van der Waals surface area contributed by atoms with Gasteiger partial charge in [-0.15, -0.1) is 0 Å². The van der Waals surface area contributed by atoms with E-state index in [0.717, 1.165) is 4.70 Å². The molecule has 0 saturated carbocycles. The van der Waals surface area contributed by atoms with E-state index in [0.29, 0.717) is 47.3 Å². The smallest absolute Gasteiger partial charge is 0.243 e. The number of anilines is 1. The lowest BCUT2D eigenvalue weighted by molar-refractivity contribution is -0.123. The lowest BCUT2D eigenvalue weighted by Gasteiger charge is -2.33. The summed E-state index contributed by atoms with van der Waals surface area (Å²) in [5, 5.41) is 0.460. The minimum absolute atomic E-state index is 0.0995. The van der Waals surface area contributed by atoms with Crippen molar-refractivity contribution in [2.45, 2.75) is 24.3 Å². The van der Waals surface area contributed by atoms with E-state index < -0.39 is 15.9 Å². The lowest BCUT2D eigenvalue weighted by Crippen LogP contribution is -2.46. The summed E-state index contributed by atoms with van der Waals surface area (Å²) < 4.78 is 45.2. The Morgan fingerprint density at radius 2 is 1.86 bits per heavy atom. The number of sulfonamides is 1. The molecule has 1 unspecified atom stereocenters. The molecule has 4 aromatic rings. The zero-order valence-corrected chi connectivity index (χ0v) is 22.1. The number of hydrogen-bond donors (Lipinski definition) is 0. The first-order valence-corrected chi connectivity index (χ1v) is 14.1. The van der Waals surface area contributed by atoms with Gasteiger partial charge >= 0.3 is 0 Å². The Kier molecular flexibility index (Phi) is 7.18. The van der Waals surface area contributed by atoms with Crippen LogP contribution in [-0.2, 0) is 21.4 Å². The molecule has 1 atom stereocenters. The molecule has 0 spiro atoms. The number of benzene rings is 2. The van der Waals surface area contributed by atoms with Crippen LogP contribution < -0.4 is 14.4 Å². The van der Waals surface area contributed by atoms with Gasteiger partial charge in [0.05, 0.1) is 37.8 Å². The van der Waals surface area contributed by atoms with Gasteiger partial charge in [-0.1, -0.05) is 29.5 Å². The molecule has 3 heterocycles. The van der Waals surface area contributed by atoms with Crippen molar-refractivity contribution >= 4 is 42.6 Å². The number of carbonyl (C=O) groups is 1. The number of fused-ring (bicyclic) bond motifs is 1. The average molecular weight is 542 g/mol. The van der Waals surface area contributed by atoms with Crippen LogP contribution in [0.3, 0.4) is 0 Å². The zero-order valence-electron chi connectivity index (χ0n) is 20.5. The summed E-state index contributed by atoms with van der Waals surface area (Å²) in [4.78, 5) is 20.5. The van der Waals surface area contributed by atoms with Gasteiger partial charge in [-0.2, -0.15) is 4.31 Å². The molecule has 0 N–H and O–H groups in total. The molecule has 37 heavy (non-hydrogen) atoms. The third-order valence-electron chi connectivity index (χ3n) is 6.40. The van der Waals surface area contributed by atoms with Gasteiger partial charge in [-0.05, 0) is 49.2 Å². The van der Waals surface area contributed by atoms with Gasteiger partial charge in [-0.3, -0.25) is 9.69 Å². The van der Waals surface area contributed by atoms with E-state index in [9.17, 15) is 13.2 Å². The van der Waals surface area contributed by atoms with Crippen molar-refractivity contribution in [2.24, 2.45) is 5.92 Å². The predicted molar refractivity (Wildman–Crippen MR) is 141 cm³/mol. The second-order valence-corrected chi connectivity index (χ2v) is 11.6. The number of aromatic nitrogens is 1. The van der Waals surface area contributed by atoms with Crippen LogP contribution in [-0.4, -0.2) is 50.9 Å². The minimum atomic E-state index is -3.71. The van der Waals surface area contributed by atoms with Crippen LogP contribution >= 0.6 is 11.3 Å². The number of piperidine rings is 1. The van der Waals surface area contributed by atoms with E-state index in [-0.39, 0.29) is 23.9 Å². The maximum Gasteiger partial charge on any atom is 0.243 e. The first-order valence-electron chi connectivity index (χ1n) is 11.8. The summed E-state index contributed by atoms with van der Waals surface area (Å²) in [7, 11) is -0.564. The molecule has 1 saturated heterocycles. The topological polar surface area (TPSA) is 102 Å². The van der Waals surface area contributed by atoms with Crippen LogP contribution in [0.1, 0.15) is 18.6 Å². The van der Waals surface area contributed by atoms with Crippen LogP contribution in [0.15, 0.2) is 70.2 Å². The zero-order chi connectivity index (χ0) is 26.0. The molecule has 2 aromatic carbocycles. The van der Waals surface area contributed by atoms with Crippen molar-refractivity contribution in [3.8, 4) is 11.5 Å². The summed E-state index contributed by atoms with van der Waals surface area (Å²) in [5.74, 6) is 1.06. The highest BCUT2D eigenvalue weighted by Gasteiger charge is 2.36. The van der Waals surface area contributed by atoms with Gasteiger partial charge in [0.1, 0.15) is 27.5 Å². The second-order valence-electron chi connectivity index (χ2n) is 8.66. The van der Waals surface area contributed by atoms with E-state index in [2.05, 4.69) is 0 Å². The predicted octanol–water partition coefficient (Wildman–Crippen LogP) is 4.54. The molecular weight excluding hydrogens is 514 g/mol. The van der Waals surface area contributed by atoms with Crippen LogP contribution in [0.2, 0.25) is 0 Å². The number of rotatable bonds is 8. The van der Waals surface area contributed by atoms with Crippen LogP contribution in [0.25, 0.3) is 10.2 Å². The quantitative estimate of drug-likeness (QED) is 0.323. The number of hydrogen-bond acceptors (Lipinski definition) is 8. The number of methoxy groups -OCH3 is 2. The van der Waals surface area contributed by atoms with Gasteiger partial charge in [0.15, 0.2) is 5.13 Å². The third kappa shape index (κ3) is 4.94. The first-order chi connectivity index (χ1) is 17.9. The summed E-state index contributed by atoms with van der Waals surface area (Å²) in [6.07, 6.45) is 2.71. The molecule has 194 valence electrons. The molecular formula is C26H27N3O6S2. The fourth-order valence-corrected chi connectivity index (χ4v) is 7.14. The van der Waals surface area contributed by atoms with Gasteiger partial charge in [0.25, 0.3) is 0 Å². The molecule has 1 amide bonds. The molecule has 9 nitrogen and oxygen atoms in total. The molecule has 2 aromatic heterocycles. The standard InChI is InChI=1S/C26H27N3O6S2/c1-33-21-12-13-22(34-2)24-23(21)27-26(36-24)29(17-19-9-7-15-35-19)25(30)18-8-6-14-28(16-18)37(31,32)20-10-4-3-5-11-20/h3-5,7,9-13,15,18H,6,8,14,16-17H2,1-2H3. The van der Waals surface area contributed by atoms with E-state index in [1.165, 1.54) is 15.6 Å². The Hall–Kier alpha value is -3.41. The lowest BCUT2D eigenvalue weighted by atomic mass is 9.98. The highest BCUT2D eigenvalue weighted by molar-refractivity contribution is 7.89. The second kappa shape index (κ2) is 10.5. The normalized spacial score (nSPS) is 16.5. The van der Waals surface area contributed by atoms with Crippen molar-refractivity contribution in [1.82, 2.24) is 9.29 Å². The molecule has 11 heteroatoms. The monoisotopic (exact) mass is 541 g/mol. The molecule has 1 aliphatic rings. The first kappa shape index (κ1) is 25.2.